The number of para-hydroxylation sites is 3. The Hall–Kier alpha value is -4.99. The largest absolute Gasteiger partial charge is 0.482 e. The van der Waals surface area contributed by atoms with E-state index in [9.17, 15) is 19.5 Å². The number of anilines is 3. The summed E-state index contributed by atoms with van der Waals surface area (Å²) in [4.78, 5) is 46.5. The molecule has 1 saturated heterocycles. The quantitative estimate of drug-likeness (QED) is 0.308. The molecule has 48 heavy (non-hydrogen) atoms. The van der Waals surface area contributed by atoms with Crippen molar-refractivity contribution >= 4 is 34.8 Å². The first-order valence-corrected chi connectivity index (χ1v) is 16.6. The summed E-state index contributed by atoms with van der Waals surface area (Å²) in [7, 11) is 0. The molecule has 4 atom stereocenters. The van der Waals surface area contributed by atoms with Gasteiger partial charge in [-0.3, -0.25) is 19.3 Å². The van der Waals surface area contributed by atoms with Crippen molar-refractivity contribution in [3.05, 3.63) is 119 Å². The molecule has 4 aliphatic heterocycles. The Kier molecular flexibility index (Phi) is 7.53. The average Bonchev–Trinajstić information content (AvgIpc) is 3.56. The molecule has 4 aliphatic rings. The van der Waals surface area contributed by atoms with E-state index in [1.807, 2.05) is 97.9 Å². The van der Waals surface area contributed by atoms with Crippen molar-refractivity contribution in [2.24, 2.45) is 5.92 Å². The van der Waals surface area contributed by atoms with E-state index in [0.29, 0.717) is 36.5 Å². The molecule has 0 aromatic heterocycles. The van der Waals surface area contributed by atoms with Crippen LogP contribution in [0.15, 0.2) is 97.1 Å². The third-order valence-electron chi connectivity index (χ3n) is 10.3. The zero-order valence-corrected chi connectivity index (χ0v) is 26.7. The number of amides is 3. The third-order valence-corrected chi connectivity index (χ3v) is 10.3. The number of rotatable bonds is 6. The Morgan fingerprint density at radius 3 is 2.50 bits per heavy atom. The topological polar surface area (TPSA) is 99.6 Å². The van der Waals surface area contributed by atoms with Gasteiger partial charge >= 0.3 is 0 Å². The summed E-state index contributed by atoms with van der Waals surface area (Å²) in [6.45, 7) is 2.60. The minimum absolute atomic E-state index is 0.0493. The molecule has 0 unspecified atom stereocenters. The fourth-order valence-electron chi connectivity index (χ4n) is 8.02. The summed E-state index contributed by atoms with van der Waals surface area (Å²) < 4.78 is 12.4. The van der Waals surface area contributed by atoms with E-state index < -0.39 is 11.7 Å². The monoisotopic (exact) mass is 643 g/mol. The number of hydrogen-bond donors (Lipinski definition) is 1. The Morgan fingerprint density at radius 2 is 1.67 bits per heavy atom. The van der Waals surface area contributed by atoms with E-state index >= 15 is 0 Å². The molecular formula is C39H37N3O6. The maximum atomic E-state index is 14.6. The molecule has 9 heteroatoms. The first-order valence-electron chi connectivity index (χ1n) is 16.6. The number of aliphatic hydroxyl groups excluding tert-OH is 1. The number of nitrogens with zero attached hydrogens (tertiary/aromatic N) is 3. The number of carbonyl (C=O) groups is 3. The van der Waals surface area contributed by atoms with Crippen molar-refractivity contribution in [3.63, 3.8) is 0 Å². The lowest BCUT2D eigenvalue weighted by Gasteiger charge is -2.36. The fraction of sp³-hybridized carbons (Fsp3) is 0.308. The van der Waals surface area contributed by atoms with Crippen molar-refractivity contribution in [2.45, 2.75) is 57.0 Å². The van der Waals surface area contributed by atoms with Crippen LogP contribution in [-0.4, -0.2) is 53.1 Å². The molecule has 244 valence electrons. The molecule has 0 radical (unpaired) electrons. The predicted octanol–water partition coefficient (Wildman–Crippen LogP) is 5.25. The Balaban J connectivity index is 1.04. The zero-order valence-electron chi connectivity index (χ0n) is 26.7. The lowest BCUT2D eigenvalue weighted by molar-refractivity contribution is -0.151. The molecule has 1 fully saturated rings. The van der Waals surface area contributed by atoms with Gasteiger partial charge in [0.2, 0.25) is 5.91 Å². The number of hydrogen-bond acceptors (Lipinski definition) is 6. The van der Waals surface area contributed by atoms with Crippen LogP contribution in [0, 0.1) is 5.92 Å². The zero-order chi connectivity index (χ0) is 33.0. The van der Waals surface area contributed by atoms with E-state index in [4.69, 9.17) is 9.47 Å². The molecule has 8 rings (SSSR count). The normalized spacial score (nSPS) is 24.4. The van der Waals surface area contributed by atoms with Gasteiger partial charge in [-0.2, -0.15) is 0 Å². The lowest BCUT2D eigenvalue weighted by Crippen LogP contribution is -2.47. The van der Waals surface area contributed by atoms with Gasteiger partial charge in [0, 0.05) is 23.7 Å². The van der Waals surface area contributed by atoms with Crippen molar-refractivity contribution in [1.29, 1.82) is 0 Å². The summed E-state index contributed by atoms with van der Waals surface area (Å²) in [5, 5.41) is 10.1. The van der Waals surface area contributed by atoms with Gasteiger partial charge in [-0.05, 0) is 59.9 Å². The van der Waals surface area contributed by atoms with Gasteiger partial charge in [0.05, 0.1) is 43.1 Å². The number of fused-ring (bicyclic) bond motifs is 4. The molecule has 0 aliphatic carbocycles. The first kappa shape index (κ1) is 30.4. The number of aliphatic hydroxyl groups is 1. The third kappa shape index (κ3) is 4.88. The molecule has 4 aromatic rings. The highest BCUT2D eigenvalue weighted by molar-refractivity contribution is 6.08. The minimum atomic E-state index is -1.21. The van der Waals surface area contributed by atoms with Crippen LogP contribution in [-0.2, 0) is 44.2 Å². The lowest BCUT2D eigenvalue weighted by atomic mass is 9.83. The second-order valence-electron chi connectivity index (χ2n) is 13.2. The molecule has 4 aromatic carbocycles. The molecule has 0 saturated carbocycles. The van der Waals surface area contributed by atoms with Crippen molar-refractivity contribution in [3.8, 4) is 5.75 Å². The van der Waals surface area contributed by atoms with Crippen molar-refractivity contribution in [2.75, 3.05) is 23.0 Å². The van der Waals surface area contributed by atoms with Gasteiger partial charge in [0.15, 0.2) is 12.2 Å². The molecule has 3 amide bonds. The predicted molar refractivity (Wildman–Crippen MR) is 180 cm³/mol. The van der Waals surface area contributed by atoms with Gasteiger partial charge in [0.1, 0.15) is 5.75 Å². The Morgan fingerprint density at radius 1 is 0.917 bits per heavy atom. The van der Waals surface area contributed by atoms with Crippen LogP contribution < -0.4 is 14.5 Å². The van der Waals surface area contributed by atoms with E-state index in [2.05, 4.69) is 6.07 Å². The smallest absolute Gasteiger partial charge is 0.269 e. The highest BCUT2D eigenvalue weighted by Gasteiger charge is 2.60. The van der Waals surface area contributed by atoms with E-state index in [0.717, 1.165) is 27.9 Å². The Labute approximate surface area is 279 Å². The average molecular weight is 644 g/mol. The van der Waals surface area contributed by atoms with Crippen LogP contribution in [0.5, 0.6) is 5.75 Å². The highest BCUT2D eigenvalue weighted by Crippen LogP contribution is 2.54. The van der Waals surface area contributed by atoms with Crippen LogP contribution in [0.2, 0.25) is 0 Å². The highest BCUT2D eigenvalue weighted by atomic mass is 16.5. The minimum Gasteiger partial charge on any atom is -0.482 e. The summed E-state index contributed by atoms with van der Waals surface area (Å²) in [6, 6.07) is 30.6. The van der Waals surface area contributed by atoms with E-state index in [1.165, 1.54) is 0 Å². The van der Waals surface area contributed by atoms with E-state index in [-0.39, 0.29) is 55.9 Å². The number of carbonyl (C=O) groups excluding carboxylic acids is 3. The van der Waals surface area contributed by atoms with Crippen LogP contribution in [0.25, 0.3) is 0 Å². The SMILES string of the molecule is C[C@H]1C[C@@H](CC(=O)N2Cc3ccccc3C[C@H]2CO)O[C@]12C(=O)N(Cc1cccc(N3C(=O)COc4ccccc43)c1)c1ccccc12. The summed E-state index contributed by atoms with van der Waals surface area (Å²) in [6.07, 6.45) is 0.856. The second-order valence-corrected chi connectivity index (χ2v) is 13.2. The van der Waals surface area contributed by atoms with Crippen LogP contribution in [0.4, 0.5) is 17.1 Å². The standard InChI is InChI=1S/C39H37N3O6/c1-25-17-31(20-36(44)40-22-28-11-3-2-10-27(28)19-30(40)23-43)48-39(25)32-13-4-5-14-33(32)41(38(39)46)21-26-9-8-12-29(18-26)42-34-15-6-7-16-35(34)47-24-37(42)45/h2-16,18,25,30-31,43H,17,19-24H2,1H3/t25-,30-,31-,39+/m0/s1. The summed E-state index contributed by atoms with van der Waals surface area (Å²) in [5.74, 6) is 0.0816. The van der Waals surface area contributed by atoms with Gasteiger partial charge in [0.25, 0.3) is 11.8 Å². The van der Waals surface area contributed by atoms with Crippen LogP contribution >= 0.6 is 0 Å². The van der Waals surface area contributed by atoms with Gasteiger partial charge in [-0.15, -0.1) is 0 Å². The van der Waals surface area contributed by atoms with Crippen LogP contribution in [0.1, 0.15) is 42.0 Å². The van der Waals surface area contributed by atoms with Gasteiger partial charge < -0.3 is 24.4 Å². The summed E-state index contributed by atoms with van der Waals surface area (Å²) >= 11 is 0. The number of benzene rings is 4. The fourth-order valence-corrected chi connectivity index (χ4v) is 8.02. The van der Waals surface area contributed by atoms with Gasteiger partial charge in [-0.25, -0.2) is 0 Å². The maximum absolute atomic E-state index is 14.6. The van der Waals surface area contributed by atoms with E-state index in [1.54, 1.807) is 14.7 Å². The molecule has 1 spiro atoms. The molecule has 1 N–H and O–H groups in total. The van der Waals surface area contributed by atoms with Crippen molar-refractivity contribution < 1.29 is 29.0 Å². The maximum Gasteiger partial charge on any atom is 0.269 e. The van der Waals surface area contributed by atoms with Crippen LogP contribution in [0.3, 0.4) is 0 Å². The number of ether oxygens (including phenoxy) is 2. The molecule has 0 bridgehead atoms. The second kappa shape index (κ2) is 11.9. The van der Waals surface area contributed by atoms with Crippen molar-refractivity contribution in [1.82, 2.24) is 4.90 Å². The molecule has 9 nitrogen and oxygen atoms in total. The first-order chi connectivity index (χ1) is 23.4. The summed E-state index contributed by atoms with van der Waals surface area (Å²) in [5.41, 5.74) is 4.89. The Bertz CT molecular complexity index is 1930. The van der Waals surface area contributed by atoms with Gasteiger partial charge in [-0.1, -0.05) is 73.7 Å². The molecular weight excluding hydrogens is 606 g/mol. The molecule has 4 heterocycles.